The molecule has 1 fully saturated rings. The molecule has 2 unspecified atom stereocenters. The van der Waals surface area contributed by atoms with Gasteiger partial charge in [-0.15, -0.1) is 0 Å². The Kier molecular flexibility index (Phi) is 2.49. The summed E-state index contributed by atoms with van der Waals surface area (Å²) < 4.78 is 11.9. The maximum Gasteiger partial charge on any atom is 0.134 e. The van der Waals surface area contributed by atoms with Gasteiger partial charge in [0.2, 0.25) is 0 Å². The second-order valence-electron chi connectivity index (χ2n) is 3.16. The molecule has 0 spiro atoms. The van der Waals surface area contributed by atoms with E-state index in [1.165, 1.54) is 12.8 Å². The van der Waals surface area contributed by atoms with Crippen LogP contribution in [0.2, 0.25) is 0 Å². The number of rotatable bonds is 1. The van der Waals surface area contributed by atoms with E-state index < -0.39 is 0 Å². The van der Waals surface area contributed by atoms with E-state index in [1.54, 1.807) is 0 Å². The van der Waals surface area contributed by atoms with Gasteiger partial charge in [0, 0.05) is 0 Å². The van der Waals surface area contributed by atoms with Crippen molar-refractivity contribution in [3.05, 3.63) is 6.67 Å². The summed E-state index contributed by atoms with van der Waals surface area (Å²) in [6.45, 7) is 3.07. The predicted octanol–water partition coefficient (Wildman–Crippen LogP) is 2.94. The molecule has 1 rings (SSSR count). The first-order valence-electron chi connectivity index (χ1n) is 3.76. The van der Waals surface area contributed by atoms with E-state index in [0.29, 0.717) is 0 Å². The second kappa shape index (κ2) is 3.19. The van der Waals surface area contributed by atoms with Crippen LogP contribution in [-0.2, 0) is 0 Å². The fourth-order valence-electron chi connectivity index (χ4n) is 1.60. The average Bonchev–Trinajstić information content (AvgIpc) is 1.88. The summed E-state index contributed by atoms with van der Waals surface area (Å²) in [6.07, 6.45) is 4.65. The molecule has 0 aromatic carbocycles. The lowest BCUT2D eigenvalue weighted by molar-refractivity contribution is 0.276. The number of hydrogen-bond donors (Lipinski definition) is 0. The van der Waals surface area contributed by atoms with Crippen LogP contribution in [0.1, 0.15) is 32.6 Å². The molecule has 0 bridgehead atoms. The molecule has 0 aromatic rings. The molecular formula is C8H14F. The van der Waals surface area contributed by atoms with Crippen LogP contribution in [0.25, 0.3) is 0 Å². The molecule has 0 amide bonds. The minimum atomic E-state index is 0.272. The van der Waals surface area contributed by atoms with E-state index in [2.05, 4.69) is 6.92 Å². The van der Waals surface area contributed by atoms with E-state index in [-0.39, 0.29) is 5.92 Å². The molecule has 0 heterocycles. The van der Waals surface area contributed by atoms with Crippen molar-refractivity contribution in [2.24, 2.45) is 11.8 Å². The molecule has 53 valence electrons. The monoisotopic (exact) mass is 129 g/mol. The van der Waals surface area contributed by atoms with Gasteiger partial charge in [0.25, 0.3) is 0 Å². The zero-order valence-electron chi connectivity index (χ0n) is 5.94. The van der Waals surface area contributed by atoms with Gasteiger partial charge in [-0.25, -0.2) is 4.39 Å². The molecule has 0 N–H and O–H groups in total. The summed E-state index contributed by atoms with van der Waals surface area (Å²) in [5.74, 6) is 1.02. The predicted molar refractivity (Wildman–Crippen MR) is 36.5 cm³/mol. The van der Waals surface area contributed by atoms with Crippen LogP contribution in [0, 0.1) is 18.5 Å². The highest BCUT2D eigenvalue weighted by Crippen LogP contribution is 2.30. The fraction of sp³-hybridized carbons (Fsp3) is 0.875. The molecule has 1 radical (unpaired) electrons. The van der Waals surface area contributed by atoms with Gasteiger partial charge in [-0.05, 0) is 24.7 Å². The smallest absolute Gasteiger partial charge is 0.134 e. The van der Waals surface area contributed by atoms with E-state index in [9.17, 15) is 4.39 Å². The van der Waals surface area contributed by atoms with Crippen molar-refractivity contribution >= 4 is 0 Å². The third-order valence-corrected chi connectivity index (χ3v) is 2.16. The average molecular weight is 129 g/mol. The Bertz CT molecular complexity index is 80.6. The zero-order valence-corrected chi connectivity index (χ0v) is 5.94. The highest BCUT2D eigenvalue weighted by atomic mass is 19.1. The van der Waals surface area contributed by atoms with Gasteiger partial charge in [0.15, 0.2) is 0 Å². The van der Waals surface area contributed by atoms with Gasteiger partial charge in [-0.1, -0.05) is 19.8 Å². The molecule has 9 heavy (non-hydrogen) atoms. The molecule has 1 saturated carbocycles. The van der Waals surface area contributed by atoms with Crippen molar-refractivity contribution in [2.75, 3.05) is 0 Å². The molecule has 2 atom stereocenters. The minimum Gasteiger partial charge on any atom is -0.244 e. The molecular weight excluding hydrogens is 115 g/mol. The van der Waals surface area contributed by atoms with Gasteiger partial charge in [0.1, 0.15) is 6.67 Å². The van der Waals surface area contributed by atoms with Crippen LogP contribution in [0.5, 0.6) is 0 Å². The minimum absolute atomic E-state index is 0.272. The third kappa shape index (κ3) is 1.96. The first-order valence-corrected chi connectivity index (χ1v) is 3.76. The Hall–Kier alpha value is -0.0700. The molecule has 0 aliphatic heterocycles. The lowest BCUT2D eigenvalue weighted by Crippen LogP contribution is -2.11. The van der Waals surface area contributed by atoms with Crippen molar-refractivity contribution in [1.29, 1.82) is 0 Å². The first-order chi connectivity index (χ1) is 4.33. The normalized spacial score (nSPS) is 36.7. The Morgan fingerprint density at radius 2 is 2.22 bits per heavy atom. The molecule has 1 aliphatic carbocycles. The van der Waals surface area contributed by atoms with Crippen LogP contribution < -0.4 is 0 Å². The Morgan fingerprint density at radius 1 is 1.44 bits per heavy atom. The second-order valence-corrected chi connectivity index (χ2v) is 3.16. The first kappa shape index (κ1) is 7.04. The van der Waals surface area contributed by atoms with Crippen molar-refractivity contribution in [1.82, 2.24) is 0 Å². The van der Waals surface area contributed by atoms with Crippen molar-refractivity contribution in [3.8, 4) is 0 Å². The molecule has 1 heteroatoms. The van der Waals surface area contributed by atoms with Gasteiger partial charge < -0.3 is 0 Å². The van der Waals surface area contributed by atoms with Crippen LogP contribution in [-0.4, -0.2) is 0 Å². The van der Waals surface area contributed by atoms with Gasteiger partial charge in [0.05, 0.1) is 0 Å². The van der Waals surface area contributed by atoms with E-state index in [1.807, 2.05) is 0 Å². The standard InChI is InChI=1S/C8H14F/c1-7-3-2-4-8(5-7)6-9/h6-8H,2-5H2,1H3. The van der Waals surface area contributed by atoms with Gasteiger partial charge in [-0.2, -0.15) is 0 Å². The quantitative estimate of drug-likeness (QED) is 0.510. The molecule has 0 saturated heterocycles. The number of halogens is 1. The molecule has 0 nitrogen and oxygen atoms in total. The van der Waals surface area contributed by atoms with Crippen molar-refractivity contribution in [3.63, 3.8) is 0 Å². The van der Waals surface area contributed by atoms with E-state index >= 15 is 0 Å². The number of hydrogen-bond acceptors (Lipinski definition) is 0. The van der Waals surface area contributed by atoms with Crippen LogP contribution in [0.3, 0.4) is 0 Å². The lowest BCUT2D eigenvalue weighted by Gasteiger charge is -2.23. The lowest BCUT2D eigenvalue weighted by atomic mass is 9.83. The van der Waals surface area contributed by atoms with Crippen LogP contribution in [0.4, 0.5) is 4.39 Å². The highest BCUT2D eigenvalue weighted by molar-refractivity contribution is 4.74. The summed E-state index contributed by atoms with van der Waals surface area (Å²) in [5.41, 5.74) is 0. The van der Waals surface area contributed by atoms with Gasteiger partial charge >= 0.3 is 0 Å². The van der Waals surface area contributed by atoms with Crippen molar-refractivity contribution < 1.29 is 4.39 Å². The Morgan fingerprint density at radius 3 is 2.67 bits per heavy atom. The van der Waals surface area contributed by atoms with Gasteiger partial charge in [-0.3, -0.25) is 0 Å². The van der Waals surface area contributed by atoms with E-state index in [4.69, 9.17) is 0 Å². The maximum absolute atomic E-state index is 11.9. The topological polar surface area (TPSA) is 0 Å². The Balaban J connectivity index is 2.23. The van der Waals surface area contributed by atoms with Crippen LogP contribution >= 0.6 is 0 Å². The summed E-state index contributed by atoms with van der Waals surface area (Å²) >= 11 is 0. The molecule has 0 aromatic heterocycles. The SMILES string of the molecule is CC1CCCC([CH]F)C1. The Labute approximate surface area is 56.5 Å². The fourth-order valence-corrected chi connectivity index (χ4v) is 1.60. The van der Waals surface area contributed by atoms with E-state index in [0.717, 1.165) is 25.4 Å². The van der Waals surface area contributed by atoms with Crippen LogP contribution in [0.15, 0.2) is 0 Å². The zero-order chi connectivity index (χ0) is 6.69. The highest BCUT2D eigenvalue weighted by Gasteiger charge is 2.18. The third-order valence-electron chi connectivity index (χ3n) is 2.16. The van der Waals surface area contributed by atoms with Crippen molar-refractivity contribution in [2.45, 2.75) is 32.6 Å². The summed E-state index contributed by atoms with van der Waals surface area (Å²) in [4.78, 5) is 0. The summed E-state index contributed by atoms with van der Waals surface area (Å²) in [7, 11) is 0. The summed E-state index contributed by atoms with van der Waals surface area (Å²) in [6, 6.07) is 0. The molecule has 1 aliphatic rings. The largest absolute Gasteiger partial charge is 0.244 e. The summed E-state index contributed by atoms with van der Waals surface area (Å²) in [5, 5.41) is 0. The maximum atomic E-state index is 11.9.